The summed E-state index contributed by atoms with van der Waals surface area (Å²) in [4.78, 5) is 46.9. The minimum atomic E-state index is -3.53. The molecule has 3 heterocycles. The fourth-order valence-electron chi connectivity index (χ4n) is 8.33. The van der Waals surface area contributed by atoms with Crippen LogP contribution in [-0.4, -0.2) is 61.9 Å². The Balaban J connectivity index is 1.32. The van der Waals surface area contributed by atoms with Gasteiger partial charge in [0.25, 0.3) is 5.91 Å². The summed E-state index contributed by atoms with van der Waals surface area (Å²) in [6.45, 7) is 6.15. The van der Waals surface area contributed by atoms with Crippen LogP contribution in [0.2, 0.25) is 23.7 Å². The average molecular weight is 720 g/mol. The molecular formula is C39H47ClFN3O5Si. The number of fused-ring (bicyclic) bond motifs is 2. The van der Waals surface area contributed by atoms with Crippen LogP contribution in [0.1, 0.15) is 62.1 Å². The van der Waals surface area contributed by atoms with Crippen LogP contribution < -0.4 is 9.80 Å². The summed E-state index contributed by atoms with van der Waals surface area (Å²) in [5, 5.41) is 10.2. The highest BCUT2D eigenvalue weighted by Gasteiger charge is 2.67. The molecule has 2 saturated heterocycles. The summed E-state index contributed by atoms with van der Waals surface area (Å²) in [5.41, 5.74) is 1.57. The Bertz CT molecular complexity index is 1720. The molecule has 3 aliphatic heterocycles. The van der Waals surface area contributed by atoms with E-state index < -0.39 is 31.6 Å². The highest BCUT2D eigenvalue weighted by molar-refractivity contribution is 6.72. The second-order valence-corrected chi connectivity index (χ2v) is 18.7. The average Bonchev–Trinajstić information content (AvgIpc) is 3.49. The molecule has 2 fully saturated rings. The highest BCUT2D eigenvalue weighted by Crippen LogP contribution is 2.60. The molecule has 0 radical (unpaired) electrons. The van der Waals surface area contributed by atoms with Crippen LogP contribution in [0.5, 0.6) is 0 Å². The molecule has 266 valence electrons. The molecule has 0 saturated carbocycles. The minimum Gasteiger partial charge on any atom is -0.395 e. The molecule has 8 nitrogen and oxygen atoms in total. The number of nitrogens with zero attached hydrogens (tertiary/aromatic N) is 3. The number of hydrogen-bond acceptors (Lipinski definition) is 5. The van der Waals surface area contributed by atoms with Crippen LogP contribution in [0.15, 0.2) is 72.8 Å². The number of anilines is 2. The van der Waals surface area contributed by atoms with Crippen molar-refractivity contribution in [2.24, 2.45) is 5.92 Å². The smallest absolute Gasteiger partial charge is 0.264 e. The number of aliphatic hydroxyl groups is 1. The maximum Gasteiger partial charge on any atom is 0.264 e. The van der Waals surface area contributed by atoms with Crippen molar-refractivity contribution >= 4 is 49.1 Å². The van der Waals surface area contributed by atoms with E-state index in [0.717, 1.165) is 42.5 Å². The predicted octanol–water partition coefficient (Wildman–Crippen LogP) is 7.37. The van der Waals surface area contributed by atoms with Gasteiger partial charge in [-0.1, -0.05) is 73.8 Å². The van der Waals surface area contributed by atoms with Gasteiger partial charge in [0, 0.05) is 53.8 Å². The van der Waals surface area contributed by atoms with E-state index in [2.05, 4.69) is 0 Å². The first kappa shape index (κ1) is 36.2. The molecule has 50 heavy (non-hydrogen) atoms. The molecule has 3 aliphatic rings. The fourth-order valence-corrected chi connectivity index (χ4v) is 11.0. The van der Waals surface area contributed by atoms with Gasteiger partial charge in [-0.3, -0.25) is 14.4 Å². The van der Waals surface area contributed by atoms with Gasteiger partial charge >= 0.3 is 0 Å². The summed E-state index contributed by atoms with van der Waals surface area (Å²) in [6, 6.07) is 22.5. The Morgan fingerprint density at radius 1 is 1.02 bits per heavy atom. The van der Waals surface area contributed by atoms with Crippen molar-refractivity contribution in [2.45, 2.75) is 88.9 Å². The van der Waals surface area contributed by atoms with Crippen molar-refractivity contribution in [3.8, 4) is 0 Å². The van der Waals surface area contributed by atoms with Crippen molar-refractivity contribution in [1.29, 1.82) is 0 Å². The molecular weight excluding hydrogens is 673 g/mol. The van der Waals surface area contributed by atoms with Crippen LogP contribution in [0, 0.1) is 5.92 Å². The molecule has 6 rings (SSSR count). The maximum atomic E-state index is 16.4. The molecule has 3 amide bonds. The van der Waals surface area contributed by atoms with E-state index in [1.54, 1.807) is 41.1 Å². The zero-order valence-electron chi connectivity index (χ0n) is 29.1. The Hall–Kier alpha value is -3.57. The Morgan fingerprint density at radius 3 is 2.50 bits per heavy atom. The summed E-state index contributed by atoms with van der Waals surface area (Å²) in [7, 11) is -3.53. The van der Waals surface area contributed by atoms with E-state index in [1.165, 1.54) is 0 Å². The van der Waals surface area contributed by atoms with E-state index >= 15 is 4.11 Å². The number of aliphatic hydroxyl groups excluding tert-OH is 1. The number of ether oxygens (including phenoxy) is 1. The highest BCUT2D eigenvalue weighted by atomic mass is 35.5. The summed E-state index contributed by atoms with van der Waals surface area (Å²) in [5.74, 6) is -1.07. The lowest BCUT2D eigenvalue weighted by Gasteiger charge is -2.31. The normalized spacial score (nSPS) is 24.0. The summed E-state index contributed by atoms with van der Waals surface area (Å²) in [6.07, 6.45) is 3.51. The number of carbonyl (C=O) groups is 3. The van der Waals surface area contributed by atoms with Gasteiger partial charge in [0.05, 0.1) is 31.4 Å². The van der Waals surface area contributed by atoms with Crippen LogP contribution >= 0.6 is 11.6 Å². The van der Waals surface area contributed by atoms with Gasteiger partial charge in [-0.05, 0) is 67.4 Å². The lowest BCUT2D eigenvalue weighted by Crippen LogP contribution is -2.45. The van der Waals surface area contributed by atoms with E-state index in [1.807, 2.05) is 66.4 Å². The molecule has 1 N–H and O–H groups in total. The van der Waals surface area contributed by atoms with Gasteiger partial charge in [0.2, 0.25) is 20.2 Å². The van der Waals surface area contributed by atoms with E-state index in [9.17, 15) is 19.5 Å². The largest absolute Gasteiger partial charge is 0.395 e. The van der Waals surface area contributed by atoms with Gasteiger partial charge < -0.3 is 28.7 Å². The quantitative estimate of drug-likeness (QED) is 0.175. The number of amides is 3. The van der Waals surface area contributed by atoms with Gasteiger partial charge in [-0.2, -0.15) is 0 Å². The molecule has 3 aromatic carbocycles. The lowest BCUT2D eigenvalue weighted by molar-refractivity contribution is -0.150. The fraction of sp³-hybridized carbons (Fsp3) is 0.462. The van der Waals surface area contributed by atoms with E-state index in [-0.39, 0.29) is 43.8 Å². The molecule has 11 heteroatoms. The van der Waals surface area contributed by atoms with Crippen LogP contribution in [0.3, 0.4) is 0 Å². The number of carbonyl (C=O) groups excluding carboxylic acids is 3. The number of halogens is 2. The number of benzene rings is 3. The van der Waals surface area contributed by atoms with Gasteiger partial charge in [0.15, 0.2) is 5.60 Å². The molecule has 4 atom stereocenters. The van der Waals surface area contributed by atoms with Crippen molar-refractivity contribution in [2.75, 3.05) is 29.5 Å². The van der Waals surface area contributed by atoms with Crippen molar-refractivity contribution in [3.63, 3.8) is 0 Å². The summed E-state index contributed by atoms with van der Waals surface area (Å²) < 4.78 is 23.2. The minimum absolute atomic E-state index is 0.108. The third kappa shape index (κ3) is 7.13. The zero-order valence-corrected chi connectivity index (χ0v) is 30.9. The van der Waals surface area contributed by atoms with Crippen molar-refractivity contribution < 1.29 is 28.3 Å². The summed E-state index contributed by atoms with van der Waals surface area (Å²) >= 11 is 6.56. The first-order chi connectivity index (χ1) is 23.9. The Labute approximate surface area is 300 Å². The molecule has 1 spiro atoms. The Kier molecular flexibility index (Phi) is 10.8. The molecule has 0 aliphatic carbocycles. The lowest BCUT2D eigenvalue weighted by atomic mass is 9.82. The SMILES string of the molecule is C[C@H]1[C@H]([Si](C)(C)F)[C@@H](CC(=O)N(CCO)Cc2ccccc2)O[C@]12C(=O)N(Cc1cccc(N3CCCCCCC3=O)c1)c1ccc(Cl)cc12. The van der Waals surface area contributed by atoms with Gasteiger partial charge in [-0.15, -0.1) is 0 Å². The van der Waals surface area contributed by atoms with Gasteiger partial charge in [0.1, 0.15) is 0 Å². The second kappa shape index (κ2) is 15.0. The van der Waals surface area contributed by atoms with Crippen LogP contribution in [0.4, 0.5) is 15.5 Å². The second-order valence-electron chi connectivity index (χ2n) is 14.4. The zero-order chi connectivity index (χ0) is 35.6. The monoisotopic (exact) mass is 719 g/mol. The number of hydrogen-bond donors (Lipinski definition) is 1. The first-order valence-electron chi connectivity index (χ1n) is 17.7. The van der Waals surface area contributed by atoms with Crippen LogP contribution in [0.25, 0.3) is 0 Å². The third-order valence-corrected chi connectivity index (χ3v) is 13.3. The standard InChI is InChI=1S/C39H47ClFN3O5Si/c1-27-37(50(2,3)41)34(24-36(47)42(20-21-45)25-28-12-7-6-8-13-28)49-39(27)32-23-30(40)17-18-33(32)44(38(39)48)26-29-14-11-15-31(22-29)43-19-10-5-4-9-16-35(43)46/h6-8,11-15,17-18,22-23,27,34,37,45H,4-5,9-10,16,19-21,24-26H2,1-3H3/t27-,34+,37-,39+/m0/s1. The van der Waals surface area contributed by atoms with Gasteiger partial charge in [-0.25, -0.2) is 0 Å². The van der Waals surface area contributed by atoms with E-state index in [4.69, 9.17) is 16.3 Å². The number of rotatable bonds is 10. The first-order valence-corrected chi connectivity index (χ1v) is 21.1. The molecule has 0 bridgehead atoms. The van der Waals surface area contributed by atoms with Crippen molar-refractivity contribution in [3.05, 3.63) is 94.5 Å². The molecule has 3 aromatic rings. The molecule has 0 unspecified atom stereocenters. The molecule has 0 aromatic heterocycles. The van der Waals surface area contributed by atoms with Crippen molar-refractivity contribution in [1.82, 2.24) is 4.90 Å². The van der Waals surface area contributed by atoms with E-state index in [0.29, 0.717) is 35.8 Å². The Morgan fingerprint density at radius 2 is 1.76 bits per heavy atom. The topological polar surface area (TPSA) is 90.4 Å². The maximum absolute atomic E-state index is 16.4. The van der Waals surface area contributed by atoms with Crippen LogP contribution in [-0.2, 0) is 37.8 Å². The predicted molar refractivity (Wildman–Crippen MR) is 196 cm³/mol. The third-order valence-electron chi connectivity index (χ3n) is 10.6.